The first-order chi connectivity index (χ1) is 8.21. The Morgan fingerprint density at radius 2 is 1.88 bits per heavy atom. The molecule has 3 N–H and O–H groups in total. The molecule has 0 aromatic heterocycles. The van der Waals surface area contributed by atoms with Crippen molar-refractivity contribution in [3.63, 3.8) is 0 Å². The van der Waals surface area contributed by atoms with E-state index in [1.807, 2.05) is 0 Å². The Balaban J connectivity index is 2.35. The summed E-state index contributed by atoms with van der Waals surface area (Å²) >= 11 is 0. The minimum absolute atomic E-state index is 0.576. The lowest BCUT2D eigenvalue weighted by atomic mass is 9.84. The Hall–Kier alpha value is -0.120. The van der Waals surface area contributed by atoms with Crippen molar-refractivity contribution in [1.82, 2.24) is 10.2 Å². The molecule has 0 aromatic carbocycles. The predicted molar refractivity (Wildman–Crippen MR) is 75.2 cm³/mol. The summed E-state index contributed by atoms with van der Waals surface area (Å²) in [7, 11) is 0. The molecule has 1 aliphatic rings. The first kappa shape index (κ1) is 14.9. The molecule has 1 saturated carbocycles. The van der Waals surface area contributed by atoms with E-state index in [2.05, 4.69) is 31.0 Å². The number of likely N-dealkylation sites (N-methyl/N-ethyl adjacent to an activating group) is 1. The number of nitrogens with zero attached hydrogens (tertiary/aromatic N) is 1. The number of nitrogens with one attached hydrogen (secondary N) is 1. The van der Waals surface area contributed by atoms with Crippen LogP contribution >= 0.6 is 0 Å². The maximum Gasteiger partial charge on any atom is 0.0169 e. The second-order valence-corrected chi connectivity index (χ2v) is 5.44. The smallest absolute Gasteiger partial charge is 0.0169 e. The lowest BCUT2D eigenvalue weighted by molar-refractivity contribution is 0.214. The molecule has 0 bridgehead atoms. The molecular weight excluding hydrogens is 210 g/mol. The van der Waals surface area contributed by atoms with Crippen LogP contribution in [0.3, 0.4) is 0 Å². The fourth-order valence-electron chi connectivity index (χ4n) is 3.00. The van der Waals surface area contributed by atoms with Crippen LogP contribution < -0.4 is 11.1 Å². The highest BCUT2D eigenvalue weighted by Crippen LogP contribution is 2.23. The second-order valence-electron chi connectivity index (χ2n) is 5.44. The van der Waals surface area contributed by atoms with Gasteiger partial charge in [-0.15, -0.1) is 0 Å². The van der Waals surface area contributed by atoms with E-state index in [9.17, 15) is 0 Å². The molecule has 0 aliphatic heterocycles. The summed E-state index contributed by atoms with van der Waals surface area (Å²) in [5.74, 6) is 0.697. The molecule has 3 unspecified atom stereocenters. The van der Waals surface area contributed by atoms with Crippen molar-refractivity contribution in [2.45, 2.75) is 58.5 Å². The minimum Gasteiger partial charge on any atom is -0.330 e. The third-order valence-corrected chi connectivity index (χ3v) is 4.14. The molecule has 0 amide bonds. The van der Waals surface area contributed by atoms with E-state index in [4.69, 9.17) is 5.73 Å². The molecule has 1 rings (SSSR count). The molecule has 3 nitrogen and oxygen atoms in total. The van der Waals surface area contributed by atoms with Crippen molar-refractivity contribution in [1.29, 1.82) is 0 Å². The van der Waals surface area contributed by atoms with Gasteiger partial charge in [0.05, 0.1) is 0 Å². The average molecular weight is 241 g/mol. The number of hydrogen-bond donors (Lipinski definition) is 2. The van der Waals surface area contributed by atoms with E-state index < -0.39 is 0 Å². The molecule has 0 heterocycles. The van der Waals surface area contributed by atoms with Crippen LogP contribution in [0.15, 0.2) is 0 Å². The Labute approximate surface area is 107 Å². The molecule has 1 aliphatic carbocycles. The molecular formula is C14H31N3. The van der Waals surface area contributed by atoms with Gasteiger partial charge >= 0.3 is 0 Å². The third-order valence-electron chi connectivity index (χ3n) is 4.14. The van der Waals surface area contributed by atoms with Crippen molar-refractivity contribution < 1.29 is 0 Å². The van der Waals surface area contributed by atoms with Gasteiger partial charge in [0, 0.05) is 18.6 Å². The average Bonchev–Trinajstić information content (AvgIpc) is 2.36. The molecule has 102 valence electrons. The summed E-state index contributed by atoms with van der Waals surface area (Å²) in [5.41, 5.74) is 5.87. The minimum atomic E-state index is 0.576. The normalized spacial score (nSPS) is 27.4. The van der Waals surface area contributed by atoms with Crippen LogP contribution in [-0.2, 0) is 0 Å². The number of hydrogen-bond acceptors (Lipinski definition) is 3. The van der Waals surface area contributed by atoms with E-state index in [1.165, 1.54) is 25.7 Å². The fraction of sp³-hybridized carbons (Fsp3) is 1.00. The van der Waals surface area contributed by atoms with Crippen molar-refractivity contribution in [3.05, 3.63) is 0 Å². The molecule has 17 heavy (non-hydrogen) atoms. The van der Waals surface area contributed by atoms with E-state index in [1.54, 1.807) is 0 Å². The molecule has 0 radical (unpaired) electrons. The van der Waals surface area contributed by atoms with E-state index in [-0.39, 0.29) is 0 Å². The quantitative estimate of drug-likeness (QED) is 0.714. The van der Waals surface area contributed by atoms with Crippen molar-refractivity contribution in [2.75, 3.05) is 26.2 Å². The largest absolute Gasteiger partial charge is 0.330 e. The van der Waals surface area contributed by atoms with E-state index >= 15 is 0 Å². The highest BCUT2D eigenvalue weighted by molar-refractivity contribution is 4.84. The van der Waals surface area contributed by atoms with Gasteiger partial charge in [-0.1, -0.05) is 26.7 Å². The zero-order valence-corrected chi connectivity index (χ0v) is 11.9. The molecule has 0 spiro atoms. The maximum absolute atomic E-state index is 5.87. The topological polar surface area (TPSA) is 41.3 Å². The van der Waals surface area contributed by atoms with Crippen molar-refractivity contribution in [2.24, 2.45) is 11.7 Å². The van der Waals surface area contributed by atoms with Crippen molar-refractivity contribution >= 4 is 0 Å². The summed E-state index contributed by atoms with van der Waals surface area (Å²) in [6.07, 6.45) is 5.35. The standard InChI is InChI=1S/C14H31N3/c1-4-17(5-2)11-12(3)16-14-9-7-6-8-13(14)10-15/h12-14,16H,4-11,15H2,1-3H3. The van der Waals surface area contributed by atoms with Crippen molar-refractivity contribution in [3.8, 4) is 0 Å². The Bertz CT molecular complexity index is 192. The molecule has 1 fully saturated rings. The van der Waals surface area contributed by atoms with Crippen LogP contribution in [0.2, 0.25) is 0 Å². The number of rotatable bonds is 7. The van der Waals surface area contributed by atoms with Gasteiger partial charge in [0.2, 0.25) is 0 Å². The lowest BCUT2D eigenvalue weighted by Gasteiger charge is -2.35. The Kier molecular flexibility index (Phi) is 7.09. The van der Waals surface area contributed by atoms with Gasteiger partial charge in [-0.25, -0.2) is 0 Å². The first-order valence-corrected chi connectivity index (χ1v) is 7.39. The summed E-state index contributed by atoms with van der Waals surface area (Å²) < 4.78 is 0. The summed E-state index contributed by atoms with van der Waals surface area (Å²) in [6.45, 7) is 11.1. The van der Waals surface area contributed by atoms with Gasteiger partial charge in [-0.3, -0.25) is 0 Å². The van der Waals surface area contributed by atoms with Crippen LogP contribution in [0, 0.1) is 5.92 Å². The van der Waals surface area contributed by atoms with Gasteiger partial charge in [0.15, 0.2) is 0 Å². The van der Waals surface area contributed by atoms with Gasteiger partial charge in [0.1, 0.15) is 0 Å². The van der Waals surface area contributed by atoms with E-state index in [0.717, 1.165) is 26.2 Å². The first-order valence-electron chi connectivity index (χ1n) is 7.39. The van der Waals surface area contributed by atoms with Gasteiger partial charge < -0.3 is 16.0 Å². The summed E-state index contributed by atoms with van der Waals surface area (Å²) in [5, 5.41) is 3.80. The third kappa shape index (κ3) is 4.94. The van der Waals surface area contributed by atoms with Crippen LogP contribution in [0.5, 0.6) is 0 Å². The van der Waals surface area contributed by atoms with Crippen LogP contribution in [0.25, 0.3) is 0 Å². The van der Waals surface area contributed by atoms with Crippen LogP contribution in [-0.4, -0.2) is 43.2 Å². The van der Waals surface area contributed by atoms with E-state index in [0.29, 0.717) is 18.0 Å². The monoisotopic (exact) mass is 241 g/mol. The van der Waals surface area contributed by atoms with Crippen LogP contribution in [0.1, 0.15) is 46.5 Å². The SMILES string of the molecule is CCN(CC)CC(C)NC1CCCCC1CN. The van der Waals surface area contributed by atoms with Gasteiger partial charge in [0.25, 0.3) is 0 Å². The van der Waals surface area contributed by atoms with Gasteiger partial charge in [-0.2, -0.15) is 0 Å². The zero-order valence-electron chi connectivity index (χ0n) is 11.9. The zero-order chi connectivity index (χ0) is 12.7. The molecule has 3 heteroatoms. The molecule has 0 aromatic rings. The predicted octanol–water partition coefficient (Wildman–Crippen LogP) is 1.82. The van der Waals surface area contributed by atoms with Crippen LogP contribution in [0.4, 0.5) is 0 Å². The fourth-order valence-corrected chi connectivity index (χ4v) is 3.00. The lowest BCUT2D eigenvalue weighted by Crippen LogP contribution is -2.49. The number of nitrogens with two attached hydrogens (primary N) is 1. The van der Waals surface area contributed by atoms with Gasteiger partial charge in [-0.05, 0) is 45.3 Å². The Morgan fingerprint density at radius 3 is 2.47 bits per heavy atom. The maximum atomic E-state index is 5.87. The highest BCUT2D eigenvalue weighted by atomic mass is 15.1. The Morgan fingerprint density at radius 1 is 1.24 bits per heavy atom. The summed E-state index contributed by atoms with van der Waals surface area (Å²) in [6, 6.07) is 1.23. The second kappa shape index (κ2) is 8.06. The highest BCUT2D eigenvalue weighted by Gasteiger charge is 2.25. The molecule has 0 saturated heterocycles. The molecule has 3 atom stereocenters. The summed E-state index contributed by atoms with van der Waals surface area (Å²) in [4.78, 5) is 2.48.